The first-order chi connectivity index (χ1) is 10.6. The van der Waals surface area contributed by atoms with E-state index in [2.05, 4.69) is 29.1 Å². The molecule has 5 nitrogen and oxygen atoms in total. The third-order valence-electron chi connectivity index (χ3n) is 3.48. The number of anilines is 1. The lowest BCUT2D eigenvalue weighted by atomic mass is 10.1. The zero-order valence-corrected chi connectivity index (χ0v) is 13.3. The Kier molecular flexibility index (Phi) is 3.71. The molecule has 0 fully saturated rings. The summed E-state index contributed by atoms with van der Waals surface area (Å²) in [7, 11) is 0. The first-order valence-corrected chi connectivity index (χ1v) is 7.36. The van der Waals surface area contributed by atoms with E-state index in [1.54, 1.807) is 12.4 Å². The second-order valence-electron chi connectivity index (χ2n) is 5.74. The van der Waals surface area contributed by atoms with Crippen LogP contribution in [0, 0.1) is 13.8 Å². The van der Waals surface area contributed by atoms with Crippen LogP contribution in [0.15, 0.2) is 30.9 Å². The van der Waals surface area contributed by atoms with Crippen molar-refractivity contribution in [3.63, 3.8) is 0 Å². The van der Waals surface area contributed by atoms with E-state index >= 15 is 0 Å². The van der Waals surface area contributed by atoms with E-state index < -0.39 is 0 Å². The van der Waals surface area contributed by atoms with Crippen LogP contribution in [-0.4, -0.2) is 26.0 Å². The van der Waals surface area contributed by atoms with E-state index in [0.717, 1.165) is 33.4 Å². The SMILES string of the molecule is Cc1cnccc1-c1nc(NC(C)C)c2c(C)cncc2n1. The first kappa shape index (κ1) is 14.4. The minimum atomic E-state index is 0.289. The molecule has 3 aromatic heterocycles. The Hall–Kier alpha value is -2.56. The van der Waals surface area contributed by atoms with Crippen LogP contribution in [0.3, 0.4) is 0 Å². The van der Waals surface area contributed by atoms with E-state index in [4.69, 9.17) is 9.97 Å². The summed E-state index contributed by atoms with van der Waals surface area (Å²) in [6, 6.07) is 2.23. The van der Waals surface area contributed by atoms with Gasteiger partial charge in [-0.25, -0.2) is 9.97 Å². The van der Waals surface area contributed by atoms with Crippen LogP contribution >= 0.6 is 0 Å². The van der Waals surface area contributed by atoms with E-state index in [-0.39, 0.29) is 6.04 Å². The normalized spacial score (nSPS) is 11.1. The van der Waals surface area contributed by atoms with Crippen LogP contribution in [0.2, 0.25) is 0 Å². The molecule has 0 spiro atoms. The van der Waals surface area contributed by atoms with Gasteiger partial charge in [0.1, 0.15) is 5.82 Å². The van der Waals surface area contributed by atoms with Crippen molar-refractivity contribution in [1.82, 2.24) is 19.9 Å². The third kappa shape index (κ3) is 2.62. The zero-order valence-electron chi connectivity index (χ0n) is 13.3. The summed E-state index contributed by atoms with van der Waals surface area (Å²) < 4.78 is 0. The smallest absolute Gasteiger partial charge is 0.162 e. The molecule has 0 aromatic carbocycles. The number of hydrogen-bond donors (Lipinski definition) is 1. The Bertz CT molecular complexity index is 826. The Balaban J connectivity index is 2.28. The van der Waals surface area contributed by atoms with Gasteiger partial charge in [-0.2, -0.15) is 0 Å². The molecule has 22 heavy (non-hydrogen) atoms. The lowest BCUT2D eigenvalue weighted by Gasteiger charge is -2.15. The van der Waals surface area contributed by atoms with Crippen molar-refractivity contribution in [3.05, 3.63) is 42.0 Å². The fourth-order valence-electron chi connectivity index (χ4n) is 2.47. The maximum atomic E-state index is 4.76. The third-order valence-corrected chi connectivity index (χ3v) is 3.48. The summed E-state index contributed by atoms with van der Waals surface area (Å²) in [5, 5.41) is 4.45. The zero-order chi connectivity index (χ0) is 15.7. The molecule has 3 aromatic rings. The summed E-state index contributed by atoms with van der Waals surface area (Å²) in [6.07, 6.45) is 7.22. The predicted molar refractivity (Wildman–Crippen MR) is 88.8 cm³/mol. The van der Waals surface area contributed by atoms with Crippen LogP contribution in [0.4, 0.5) is 5.82 Å². The molecule has 0 unspecified atom stereocenters. The standard InChI is InChI=1S/C17H19N5/c1-10(2)20-17-15-12(4)8-19-9-14(15)21-16(22-17)13-5-6-18-7-11(13)3/h5-10H,1-4H3,(H,20,21,22). The first-order valence-electron chi connectivity index (χ1n) is 7.36. The highest BCUT2D eigenvalue weighted by Crippen LogP contribution is 2.28. The fraction of sp³-hybridized carbons (Fsp3) is 0.294. The summed E-state index contributed by atoms with van der Waals surface area (Å²) in [5.74, 6) is 1.55. The lowest BCUT2D eigenvalue weighted by Crippen LogP contribution is -2.13. The average Bonchev–Trinajstić information content (AvgIpc) is 2.46. The topological polar surface area (TPSA) is 63.6 Å². The number of pyridine rings is 2. The monoisotopic (exact) mass is 293 g/mol. The van der Waals surface area contributed by atoms with Crippen molar-refractivity contribution >= 4 is 16.7 Å². The highest BCUT2D eigenvalue weighted by molar-refractivity contribution is 5.92. The van der Waals surface area contributed by atoms with Crippen molar-refractivity contribution in [2.24, 2.45) is 0 Å². The molecule has 0 atom stereocenters. The van der Waals surface area contributed by atoms with Gasteiger partial charge in [0.15, 0.2) is 5.82 Å². The van der Waals surface area contributed by atoms with Crippen LogP contribution < -0.4 is 5.32 Å². The molecule has 0 aliphatic carbocycles. The Morgan fingerprint density at radius 3 is 2.45 bits per heavy atom. The maximum Gasteiger partial charge on any atom is 0.162 e. The second kappa shape index (κ2) is 5.67. The van der Waals surface area contributed by atoms with Gasteiger partial charge < -0.3 is 5.32 Å². The molecule has 3 heterocycles. The van der Waals surface area contributed by atoms with Gasteiger partial charge >= 0.3 is 0 Å². The molecule has 0 saturated carbocycles. The van der Waals surface area contributed by atoms with E-state index in [0.29, 0.717) is 5.82 Å². The van der Waals surface area contributed by atoms with Crippen molar-refractivity contribution in [2.45, 2.75) is 33.7 Å². The van der Waals surface area contributed by atoms with Crippen LogP contribution in [0.5, 0.6) is 0 Å². The van der Waals surface area contributed by atoms with Gasteiger partial charge in [-0.3, -0.25) is 9.97 Å². The number of nitrogens with one attached hydrogen (secondary N) is 1. The summed E-state index contributed by atoms with van der Waals surface area (Å²) in [4.78, 5) is 17.8. The highest BCUT2D eigenvalue weighted by Gasteiger charge is 2.13. The second-order valence-corrected chi connectivity index (χ2v) is 5.74. The number of rotatable bonds is 3. The number of aromatic nitrogens is 4. The molecular weight excluding hydrogens is 274 g/mol. The molecule has 0 radical (unpaired) electrons. The molecule has 0 aliphatic heterocycles. The molecule has 112 valence electrons. The highest BCUT2D eigenvalue weighted by atomic mass is 15.0. The lowest BCUT2D eigenvalue weighted by molar-refractivity contribution is 0.890. The molecule has 5 heteroatoms. The largest absolute Gasteiger partial charge is 0.367 e. The van der Waals surface area contributed by atoms with Gasteiger partial charge in [0, 0.05) is 35.6 Å². The maximum absolute atomic E-state index is 4.76. The molecule has 0 aliphatic rings. The summed E-state index contributed by atoms with van der Waals surface area (Å²) in [6.45, 7) is 8.24. The molecule has 3 rings (SSSR count). The van der Waals surface area contributed by atoms with Gasteiger partial charge in [-0.1, -0.05) is 0 Å². The van der Waals surface area contributed by atoms with Crippen LogP contribution in [0.1, 0.15) is 25.0 Å². The molecule has 0 saturated heterocycles. The number of aryl methyl sites for hydroxylation is 2. The Morgan fingerprint density at radius 1 is 0.955 bits per heavy atom. The predicted octanol–water partition coefficient (Wildman–Crippen LogP) is 3.52. The van der Waals surface area contributed by atoms with Gasteiger partial charge in [-0.15, -0.1) is 0 Å². The van der Waals surface area contributed by atoms with Crippen LogP contribution in [-0.2, 0) is 0 Å². The van der Waals surface area contributed by atoms with Crippen molar-refractivity contribution in [3.8, 4) is 11.4 Å². The molecular formula is C17H19N5. The average molecular weight is 293 g/mol. The quantitative estimate of drug-likeness (QED) is 0.800. The number of nitrogens with zero attached hydrogens (tertiary/aromatic N) is 4. The van der Waals surface area contributed by atoms with Crippen molar-refractivity contribution in [1.29, 1.82) is 0 Å². The fourth-order valence-corrected chi connectivity index (χ4v) is 2.47. The van der Waals surface area contributed by atoms with Gasteiger partial charge in [0.2, 0.25) is 0 Å². The Labute approximate surface area is 129 Å². The number of fused-ring (bicyclic) bond motifs is 1. The van der Waals surface area contributed by atoms with Crippen LogP contribution in [0.25, 0.3) is 22.3 Å². The minimum Gasteiger partial charge on any atom is -0.367 e. The van der Waals surface area contributed by atoms with Crippen molar-refractivity contribution in [2.75, 3.05) is 5.32 Å². The van der Waals surface area contributed by atoms with Gasteiger partial charge in [0.05, 0.1) is 11.7 Å². The van der Waals surface area contributed by atoms with E-state index in [1.807, 2.05) is 32.3 Å². The van der Waals surface area contributed by atoms with Crippen molar-refractivity contribution < 1.29 is 0 Å². The summed E-state index contributed by atoms with van der Waals surface area (Å²) in [5.41, 5.74) is 3.96. The van der Waals surface area contributed by atoms with E-state index in [9.17, 15) is 0 Å². The Morgan fingerprint density at radius 2 is 1.73 bits per heavy atom. The molecule has 0 bridgehead atoms. The minimum absolute atomic E-state index is 0.289. The van der Waals surface area contributed by atoms with Gasteiger partial charge in [0.25, 0.3) is 0 Å². The summed E-state index contributed by atoms with van der Waals surface area (Å²) >= 11 is 0. The number of hydrogen-bond acceptors (Lipinski definition) is 5. The molecule has 0 amide bonds. The molecule has 1 N–H and O–H groups in total. The van der Waals surface area contributed by atoms with E-state index in [1.165, 1.54) is 0 Å². The van der Waals surface area contributed by atoms with Gasteiger partial charge in [-0.05, 0) is 44.9 Å².